The molecule has 2 aromatic carbocycles. The highest BCUT2D eigenvalue weighted by Crippen LogP contribution is 2.29. The Balaban J connectivity index is 1.77. The molecule has 0 saturated heterocycles. The second-order valence-electron chi connectivity index (χ2n) is 5.36. The number of hydrogen-bond donors (Lipinski definition) is 1. The van der Waals surface area contributed by atoms with E-state index in [-0.39, 0.29) is 6.04 Å². The maximum Gasteiger partial charge on any atom is 0.199 e. The lowest BCUT2D eigenvalue weighted by atomic mass is 10.1. The Morgan fingerprint density at radius 2 is 1.81 bits per heavy atom. The van der Waals surface area contributed by atoms with Gasteiger partial charge in [-0.2, -0.15) is 0 Å². The van der Waals surface area contributed by atoms with Crippen LogP contribution in [0.5, 0.6) is 0 Å². The van der Waals surface area contributed by atoms with Gasteiger partial charge in [0, 0.05) is 23.5 Å². The van der Waals surface area contributed by atoms with Crippen molar-refractivity contribution in [1.29, 1.82) is 0 Å². The van der Waals surface area contributed by atoms with Gasteiger partial charge in [-0.25, -0.2) is 0 Å². The minimum absolute atomic E-state index is 0.260. The molecule has 0 aliphatic rings. The number of rotatable bonds is 4. The van der Waals surface area contributed by atoms with Crippen LogP contribution in [0.15, 0.2) is 52.9 Å². The second-order valence-corrected chi connectivity index (χ2v) is 5.71. The van der Waals surface area contributed by atoms with Crippen LogP contribution in [0, 0.1) is 6.92 Å². The van der Waals surface area contributed by atoms with Crippen LogP contribution in [0.2, 0.25) is 5.22 Å². The highest BCUT2D eigenvalue weighted by Gasteiger charge is 2.13. The van der Waals surface area contributed by atoms with Crippen molar-refractivity contribution in [3.8, 4) is 0 Å². The third kappa shape index (κ3) is 2.97. The summed E-state index contributed by atoms with van der Waals surface area (Å²) in [5, 5.41) is 5.06. The van der Waals surface area contributed by atoms with Crippen LogP contribution in [0.4, 0.5) is 0 Å². The number of aryl methyl sites for hydroxylation is 1. The molecule has 0 saturated carbocycles. The Hall–Kier alpha value is -1.77. The van der Waals surface area contributed by atoms with Crippen molar-refractivity contribution in [2.45, 2.75) is 26.4 Å². The standard InChI is InChI=1S/C18H18ClNO/c1-12-7-9-14(10-8-12)13(2)20-11-16-15-5-3-4-6-17(15)21-18(16)19/h3-10,13,20H,11H2,1-2H3/t13-/m1/s1. The first-order valence-electron chi connectivity index (χ1n) is 7.11. The van der Waals surface area contributed by atoms with Gasteiger partial charge in [-0.05, 0) is 37.1 Å². The van der Waals surface area contributed by atoms with Crippen molar-refractivity contribution in [3.05, 3.63) is 70.4 Å². The van der Waals surface area contributed by atoms with Gasteiger partial charge in [-0.3, -0.25) is 0 Å². The molecule has 0 radical (unpaired) electrons. The SMILES string of the molecule is Cc1ccc([C@@H](C)NCc2c(Cl)oc3ccccc23)cc1. The Bertz CT molecular complexity index is 746. The average molecular weight is 300 g/mol. The van der Waals surface area contributed by atoms with Crippen LogP contribution in [-0.4, -0.2) is 0 Å². The lowest BCUT2D eigenvalue weighted by molar-refractivity contribution is 0.563. The maximum atomic E-state index is 6.21. The molecule has 0 unspecified atom stereocenters. The van der Waals surface area contributed by atoms with Gasteiger partial charge in [-0.15, -0.1) is 0 Å². The molecule has 21 heavy (non-hydrogen) atoms. The van der Waals surface area contributed by atoms with Gasteiger partial charge < -0.3 is 9.73 Å². The summed E-state index contributed by atoms with van der Waals surface area (Å²) in [7, 11) is 0. The second kappa shape index (κ2) is 5.92. The predicted octanol–water partition coefficient (Wildman–Crippen LogP) is 5.25. The minimum atomic E-state index is 0.260. The van der Waals surface area contributed by atoms with E-state index in [1.54, 1.807) is 0 Å². The molecule has 2 nitrogen and oxygen atoms in total. The zero-order valence-electron chi connectivity index (χ0n) is 12.2. The molecule has 0 fully saturated rings. The summed E-state index contributed by atoms with van der Waals surface area (Å²) in [5.41, 5.74) is 4.40. The first-order chi connectivity index (χ1) is 10.1. The molecule has 3 aromatic rings. The summed E-state index contributed by atoms with van der Waals surface area (Å²) >= 11 is 6.21. The Kier molecular flexibility index (Phi) is 4.00. The number of nitrogens with one attached hydrogen (secondary N) is 1. The lowest BCUT2D eigenvalue weighted by Crippen LogP contribution is -2.18. The first-order valence-corrected chi connectivity index (χ1v) is 7.49. The van der Waals surface area contributed by atoms with E-state index in [0.29, 0.717) is 11.8 Å². The highest BCUT2D eigenvalue weighted by molar-refractivity contribution is 6.30. The quantitative estimate of drug-likeness (QED) is 0.712. The molecular weight excluding hydrogens is 282 g/mol. The summed E-state index contributed by atoms with van der Waals surface area (Å²) in [4.78, 5) is 0. The van der Waals surface area contributed by atoms with Gasteiger partial charge in [0.15, 0.2) is 5.22 Å². The van der Waals surface area contributed by atoms with Gasteiger partial charge in [0.05, 0.1) is 0 Å². The number of para-hydroxylation sites is 1. The number of benzene rings is 2. The Labute approximate surface area is 129 Å². The minimum Gasteiger partial charge on any atom is -0.444 e. The van der Waals surface area contributed by atoms with Crippen LogP contribution >= 0.6 is 11.6 Å². The van der Waals surface area contributed by atoms with Gasteiger partial charge in [0.25, 0.3) is 0 Å². The van der Waals surface area contributed by atoms with E-state index >= 15 is 0 Å². The third-order valence-corrected chi connectivity index (χ3v) is 4.12. The van der Waals surface area contributed by atoms with Crippen molar-refractivity contribution in [2.75, 3.05) is 0 Å². The molecule has 1 atom stereocenters. The number of fused-ring (bicyclic) bond motifs is 1. The van der Waals surface area contributed by atoms with Gasteiger partial charge >= 0.3 is 0 Å². The van der Waals surface area contributed by atoms with Gasteiger partial charge in [-0.1, -0.05) is 48.0 Å². The molecule has 1 aromatic heterocycles. The summed E-state index contributed by atoms with van der Waals surface area (Å²) in [6, 6.07) is 16.8. The largest absolute Gasteiger partial charge is 0.444 e. The molecular formula is C18H18ClNO. The fourth-order valence-corrected chi connectivity index (χ4v) is 2.71. The van der Waals surface area contributed by atoms with Crippen LogP contribution in [0.1, 0.15) is 29.7 Å². The normalized spacial score (nSPS) is 12.7. The summed E-state index contributed by atoms with van der Waals surface area (Å²) < 4.78 is 5.58. The topological polar surface area (TPSA) is 25.2 Å². The van der Waals surface area contributed by atoms with Crippen LogP contribution in [0.3, 0.4) is 0 Å². The van der Waals surface area contributed by atoms with Crippen molar-refractivity contribution in [1.82, 2.24) is 5.32 Å². The summed E-state index contributed by atoms with van der Waals surface area (Å²) in [6.45, 7) is 4.94. The van der Waals surface area contributed by atoms with Crippen molar-refractivity contribution >= 4 is 22.6 Å². The van der Waals surface area contributed by atoms with Crippen LogP contribution in [-0.2, 0) is 6.54 Å². The third-order valence-electron chi connectivity index (χ3n) is 3.81. The summed E-state index contributed by atoms with van der Waals surface area (Å²) in [5.74, 6) is 0. The maximum absolute atomic E-state index is 6.21. The monoisotopic (exact) mass is 299 g/mol. The Morgan fingerprint density at radius 1 is 1.10 bits per heavy atom. The van der Waals surface area contributed by atoms with E-state index in [2.05, 4.69) is 43.4 Å². The molecule has 3 heteroatoms. The molecule has 0 aliphatic carbocycles. The zero-order valence-corrected chi connectivity index (χ0v) is 12.9. The molecule has 0 aliphatic heterocycles. The number of halogens is 1. The predicted molar refractivity (Wildman–Crippen MR) is 87.7 cm³/mol. The van der Waals surface area contributed by atoms with Crippen LogP contribution in [0.25, 0.3) is 11.0 Å². The number of hydrogen-bond acceptors (Lipinski definition) is 2. The van der Waals surface area contributed by atoms with Gasteiger partial charge in [0.1, 0.15) is 5.58 Å². The van der Waals surface area contributed by atoms with E-state index < -0.39 is 0 Å². The highest BCUT2D eigenvalue weighted by atomic mass is 35.5. The molecule has 0 bridgehead atoms. The van der Waals surface area contributed by atoms with Crippen LogP contribution < -0.4 is 5.32 Å². The Morgan fingerprint density at radius 3 is 2.57 bits per heavy atom. The lowest BCUT2D eigenvalue weighted by Gasteiger charge is -2.14. The van der Waals surface area contributed by atoms with E-state index in [1.165, 1.54) is 11.1 Å². The van der Waals surface area contributed by atoms with Gasteiger partial charge in [0.2, 0.25) is 0 Å². The summed E-state index contributed by atoms with van der Waals surface area (Å²) in [6.07, 6.45) is 0. The van der Waals surface area contributed by atoms with E-state index in [1.807, 2.05) is 24.3 Å². The first kappa shape index (κ1) is 14.2. The average Bonchev–Trinajstić information content (AvgIpc) is 2.81. The smallest absolute Gasteiger partial charge is 0.199 e. The molecule has 0 spiro atoms. The molecule has 1 N–H and O–H groups in total. The van der Waals surface area contributed by atoms with E-state index in [4.69, 9.17) is 16.0 Å². The fourth-order valence-electron chi connectivity index (χ4n) is 2.46. The van der Waals surface area contributed by atoms with Crippen molar-refractivity contribution < 1.29 is 4.42 Å². The van der Waals surface area contributed by atoms with Crippen molar-refractivity contribution in [2.24, 2.45) is 0 Å². The molecule has 108 valence electrons. The fraction of sp³-hybridized carbons (Fsp3) is 0.222. The molecule has 1 heterocycles. The van der Waals surface area contributed by atoms with E-state index in [0.717, 1.165) is 16.5 Å². The zero-order chi connectivity index (χ0) is 14.8. The molecule has 0 amide bonds. The van der Waals surface area contributed by atoms with Crippen molar-refractivity contribution in [3.63, 3.8) is 0 Å². The molecule has 3 rings (SSSR count). The number of furan rings is 1. The van der Waals surface area contributed by atoms with E-state index in [9.17, 15) is 0 Å².